The summed E-state index contributed by atoms with van der Waals surface area (Å²) in [7, 11) is 0. The van der Waals surface area contributed by atoms with E-state index in [0.717, 1.165) is 24.5 Å². The Morgan fingerprint density at radius 2 is 2.07 bits per heavy atom. The van der Waals surface area contributed by atoms with Crippen LogP contribution in [-0.4, -0.2) is 30.1 Å². The summed E-state index contributed by atoms with van der Waals surface area (Å²) in [5.74, 6) is 0.742. The average molecular weight is 210 g/mol. The van der Waals surface area contributed by atoms with E-state index in [0.29, 0.717) is 5.41 Å². The normalized spacial score (nSPS) is 37.6. The molecule has 2 N–H and O–H groups in total. The summed E-state index contributed by atoms with van der Waals surface area (Å²) < 4.78 is 0. The molecule has 3 unspecified atom stereocenters. The maximum absolute atomic E-state index is 5.81. The zero-order valence-electron chi connectivity index (χ0n) is 10.5. The molecule has 0 aromatic rings. The standard InChI is InChI=1S/C13H26N2/c1-10-4-5-12(8-14)9-15(10)11(2)13(3)6-7-13/h10-12H,4-9,14H2,1-3H3. The second-order valence-corrected chi connectivity index (χ2v) is 6.05. The van der Waals surface area contributed by atoms with E-state index in [-0.39, 0.29) is 0 Å². The van der Waals surface area contributed by atoms with Gasteiger partial charge in [0.15, 0.2) is 0 Å². The Morgan fingerprint density at radius 1 is 1.40 bits per heavy atom. The molecule has 0 spiro atoms. The molecule has 1 heterocycles. The fourth-order valence-electron chi connectivity index (χ4n) is 2.96. The highest BCUT2D eigenvalue weighted by Gasteiger charge is 2.46. The Hall–Kier alpha value is -0.0800. The molecule has 1 saturated heterocycles. The third-order valence-electron chi connectivity index (χ3n) is 4.91. The summed E-state index contributed by atoms with van der Waals surface area (Å²) in [6.07, 6.45) is 5.51. The maximum Gasteiger partial charge on any atom is 0.0124 e. The van der Waals surface area contributed by atoms with E-state index >= 15 is 0 Å². The van der Waals surface area contributed by atoms with Crippen molar-refractivity contribution in [2.75, 3.05) is 13.1 Å². The number of piperidine rings is 1. The Balaban J connectivity index is 1.99. The molecule has 1 aliphatic heterocycles. The first-order chi connectivity index (χ1) is 7.07. The van der Waals surface area contributed by atoms with Gasteiger partial charge < -0.3 is 5.73 Å². The van der Waals surface area contributed by atoms with Crippen LogP contribution in [0.4, 0.5) is 0 Å². The molecule has 2 nitrogen and oxygen atoms in total. The fourth-order valence-corrected chi connectivity index (χ4v) is 2.96. The first kappa shape index (κ1) is 11.4. The number of nitrogens with zero attached hydrogens (tertiary/aromatic N) is 1. The van der Waals surface area contributed by atoms with Crippen molar-refractivity contribution in [2.45, 2.75) is 58.5 Å². The molecule has 0 amide bonds. The van der Waals surface area contributed by atoms with Gasteiger partial charge >= 0.3 is 0 Å². The molecular formula is C13H26N2. The van der Waals surface area contributed by atoms with Crippen LogP contribution in [0.5, 0.6) is 0 Å². The Kier molecular flexibility index (Phi) is 3.09. The third kappa shape index (κ3) is 2.21. The highest BCUT2D eigenvalue weighted by Crippen LogP contribution is 2.50. The maximum atomic E-state index is 5.81. The van der Waals surface area contributed by atoms with Gasteiger partial charge in [0.2, 0.25) is 0 Å². The summed E-state index contributed by atoms with van der Waals surface area (Å²) in [5, 5.41) is 0. The van der Waals surface area contributed by atoms with Crippen LogP contribution in [0.15, 0.2) is 0 Å². The van der Waals surface area contributed by atoms with Crippen LogP contribution in [0.1, 0.15) is 46.5 Å². The zero-order valence-corrected chi connectivity index (χ0v) is 10.5. The number of hydrogen-bond acceptors (Lipinski definition) is 2. The van der Waals surface area contributed by atoms with Gasteiger partial charge in [0, 0.05) is 18.6 Å². The van der Waals surface area contributed by atoms with Gasteiger partial charge in [0.25, 0.3) is 0 Å². The molecule has 0 aromatic heterocycles. The highest BCUT2D eigenvalue weighted by molar-refractivity contribution is 4.99. The van der Waals surface area contributed by atoms with Crippen molar-refractivity contribution < 1.29 is 0 Å². The van der Waals surface area contributed by atoms with Crippen LogP contribution >= 0.6 is 0 Å². The fraction of sp³-hybridized carbons (Fsp3) is 1.00. The first-order valence-electron chi connectivity index (χ1n) is 6.52. The summed E-state index contributed by atoms with van der Waals surface area (Å²) in [6, 6.07) is 1.52. The molecule has 0 bridgehead atoms. The summed E-state index contributed by atoms with van der Waals surface area (Å²) in [6.45, 7) is 9.34. The van der Waals surface area contributed by atoms with Gasteiger partial charge in [0.05, 0.1) is 0 Å². The molecule has 2 rings (SSSR count). The molecule has 0 aromatic carbocycles. The number of likely N-dealkylation sites (tertiary alicyclic amines) is 1. The minimum atomic E-state index is 0.616. The quantitative estimate of drug-likeness (QED) is 0.774. The molecular weight excluding hydrogens is 184 g/mol. The van der Waals surface area contributed by atoms with Crippen LogP contribution in [0.3, 0.4) is 0 Å². The molecule has 1 saturated carbocycles. The van der Waals surface area contributed by atoms with Crippen molar-refractivity contribution in [1.82, 2.24) is 4.90 Å². The highest BCUT2D eigenvalue weighted by atomic mass is 15.2. The lowest BCUT2D eigenvalue weighted by molar-refractivity contribution is 0.0503. The molecule has 1 aliphatic carbocycles. The van der Waals surface area contributed by atoms with Gasteiger partial charge in [-0.2, -0.15) is 0 Å². The zero-order chi connectivity index (χ0) is 11.1. The lowest BCUT2D eigenvalue weighted by Gasteiger charge is -2.43. The van der Waals surface area contributed by atoms with E-state index in [1.165, 1.54) is 32.2 Å². The Morgan fingerprint density at radius 3 is 2.60 bits per heavy atom. The molecule has 0 radical (unpaired) electrons. The van der Waals surface area contributed by atoms with Crippen LogP contribution in [0.25, 0.3) is 0 Å². The van der Waals surface area contributed by atoms with Crippen molar-refractivity contribution in [3.63, 3.8) is 0 Å². The number of hydrogen-bond donors (Lipinski definition) is 1. The van der Waals surface area contributed by atoms with E-state index in [4.69, 9.17) is 5.73 Å². The van der Waals surface area contributed by atoms with Gasteiger partial charge in [-0.3, -0.25) is 4.90 Å². The predicted octanol–water partition coefficient (Wildman–Crippen LogP) is 2.23. The minimum Gasteiger partial charge on any atom is -0.330 e. The van der Waals surface area contributed by atoms with Crippen LogP contribution in [0.2, 0.25) is 0 Å². The van der Waals surface area contributed by atoms with E-state index < -0.39 is 0 Å². The summed E-state index contributed by atoms with van der Waals surface area (Å²) in [5.41, 5.74) is 6.42. The van der Waals surface area contributed by atoms with Crippen molar-refractivity contribution in [3.8, 4) is 0 Å². The van der Waals surface area contributed by atoms with Gasteiger partial charge in [-0.1, -0.05) is 6.92 Å². The van der Waals surface area contributed by atoms with E-state index in [1.807, 2.05) is 0 Å². The van der Waals surface area contributed by atoms with Crippen molar-refractivity contribution in [1.29, 1.82) is 0 Å². The van der Waals surface area contributed by atoms with E-state index in [9.17, 15) is 0 Å². The average Bonchev–Trinajstić information content (AvgIpc) is 2.98. The monoisotopic (exact) mass is 210 g/mol. The smallest absolute Gasteiger partial charge is 0.0124 e. The summed E-state index contributed by atoms with van der Waals surface area (Å²) in [4.78, 5) is 2.72. The third-order valence-corrected chi connectivity index (χ3v) is 4.91. The predicted molar refractivity (Wildman–Crippen MR) is 64.7 cm³/mol. The molecule has 2 heteroatoms. The van der Waals surface area contributed by atoms with Gasteiger partial charge in [-0.25, -0.2) is 0 Å². The molecule has 15 heavy (non-hydrogen) atoms. The van der Waals surface area contributed by atoms with E-state index in [1.54, 1.807) is 0 Å². The second kappa shape index (κ2) is 4.06. The van der Waals surface area contributed by atoms with Crippen LogP contribution < -0.4 is 5.73 Å². The second-order valence-electron chi connectivity index (χ2n) is 6.05. The molecule has 2 fully saturated rings. The lowest BCUT2D eigenvalue weighted by Crippen LogP contribution is -2.50. The largest absolute Gasteiger partial charge is 0.330 e. The number of nitrogens with two attached hydrogens (primary N) is 1. The van der Waals surface area contributed by atoms with Gasteiger partial charge in [-0.15, -0.1) is 0 Å². The Labute approximate surface area is 94.2 Å². The van der Waals surface area contributed by atoms with Crippen LogP contribution in [0, 0.1) is 11.3 Å². The SMILES string of the molecule is CC1CCC(CN)CN1C(C)C1(C)CC1. The topological polar surface area (TPSA) is 29.3 Å². The lowest BCUT2D eigenvalue weighted by atomic mass is 9.88. The number of rotatable bonds is 3. The van der Waals surface area contributed by atoms with Crippen LogP contribution in [-0.2, 0) is 0 Å². The van der Waals surface area contributed by atoms with Gasteiger partial charge in [-0.05, 0) is 57.4 Å². The molecule has 2 aliphatic rings. The summed E-state index contributed by atoms with van der Waals surface area (Å²) >= 11 is 0. The van der Waals surface area contributed by atoms with Crippen molar-refractivity contribution in [3.05, 3.63) is 0 Å². The van der Waals surface area contributed by atoms with Gasteiger partial charge in [0.1, 0.15) is 0 Å². The molecule has 3 atom stereocenters. The first-order valence-corrected chi connectivity index (χ1v) is 6.52. The van der Waals surface area contributed by atoms with Crippen molar-refractivity contribution >= 4 is 0 Å². The molecule has 88 valence electrons. The minimum absolute atomic E-state index is 0.616. The van der Waals surface area contributed by atoms with E-state index in [2.05, 4.69) is 25.7 Å². The van der Waals surface area contributed by atoms with Crippen molar-refractivity contribution in [2.24, 2.45) is 17.1 Å². The Bertz CT molecular complexity index is 223.